The maximum absolute atomic E-state index is 8.39. The third-order valence-electron chi connectivity index (χ3n) is 1.94. The lowest BCUT2D eigenvalue weighted by Crippen LogP contribution is -2.21. The van der Waals surface area contributed by atoms with Crippen LogP contribution in [-0.2, 0) is 0 Å². The molecule has 1 rings (SSSR count). The monoisotopic (exact) mass is 166 g/mol. The van der Waals surface area contributed by atoms with Crippen LogP contribution < -0.4 is 0 Å². The topological polar surface area (TPSA) is 27.0 Å². The van der Waals surface area contributed by atoms with Gasteiger partial charge in [-0.1, -0.05) is 25.0 Å². The molecule has 0 aliphatic carbocycles. The van der Waals surface area contributed by atoms with Crippen molar-refractivity contribution in [3.63, 3.8) is 0 Å². The molecule has 2 nitrogen and oxygen atoms in total. The smallest absolute Gasteiger partial charge is 0.0871 e. The highest BCUT2D eigenvalue weighted by Gasteiger charge is 2.14. The van der Waals surface area contributed by atoms with E-state index in [0.29, 0.717) is 6.54 Å². The minimum absolute atomic E-state index is 0.564. The van der Waals surface area contributed by atoms with Gasteiger partial charge in [-0.2, -0.15) is 5.26 Å². The molecule has 0 unspecified atom stereocenters. The summed E-state index contributed by atoms with van der Waals surface area (Å²) in [7, 11) is 0. The molecular weight excluding hydrogens is 148 g/mol. The number of nitriles is 1. The minimum atomic E-state index is 0.564. The Balaban J connectivity index is 0.000000561. The zero-order valence-electron chi connectivity index (χ0n) is 8.52. The van der Waals surface area contributed by atoms with Crippen LogP contribution in [0.2, 0.25) is 0 Å². The molecule has 0 N–H and O–H groups in total. The first-order valence-electron chi connectivity index (χ1n) is 4.48. The standard InChI is InChI=1S/C8H12N2.C2H6/c1-7-5-10(4-3-9)6-8(7)2;1-2/h4-6H2,1-2H3;1-2H3. The highest BCUT2D eigenvalue weighted by Crippen LogP contribution is 2.14. The molecule has 1 aliphatic heterocycles. The molecule has 2 heteroatoms. The van der Waals surface area contributed by atoms with E-state index in [1.54, 1.807) is 0 Å². The van der Waals surface area contributed by atoms with Crippen LogP contribution in [0.15, 0.2) is 11.1 Å². The minimum Gasteiger partial charge on any atom is -0.283 e. The van der Waals surface area contributed by atoms with Crippen LogP contribution in [0.5, 0.6) is 0 Å². The maximum atomic E-state index is 8.39. The molecular formula is C10H18N2. The van der Waals surface area contributed by atoms with Crippen molar-refractivity contribution in [3.05, 3.63) is 11.1 Å². The first-order chi connectivity index (χ1) is 5.74. The van der Waals surface area contributed by atoms with Crippen molar-refractivity contribution in [1.29, 1.82) is 5.26 Å². The van der Waals surface area contributed by atoms with Crippen molar-refractivity contribution < 1.29 is 0 Å². The molecule has 0 saturated heterocycles. The van der Waals surface area contributed by atoms with Crippen molar-refractivity contribution in [2.75, 3.05) is 19.6 Å². The van der Waals surface area contributed by atoms with Gasteiger partial charge in [0, 0.05) is 13.1 Å². The fourth-order valence-corrected chi connectivity index (χ4v) is 1.21. The number of hydrogen-bond acceptors (Lipinski definition) is 2. The van der Waals surface area contributed by atoms with Gasteiger partial charge in [-0.3, -0.25) is 4.90 Å². The zero-order valence-corrected chi connectivity index (χ0v) is 8.52. The highest BCUT2D eigenvalue weighted by molar-refractivity contribution is 5.19. The Morgan fingerprint density at radius 3 is 2.00 bits per heavy atom. The molecule has 68 valence electrons. The molecule has 0 atom stereocenters. The van der Waals surface area contributed by atoms with Gasteiger partial charge in [0.05, 0.1) is 12.6 Å². The summed E-state index contributed by atoms with van der Waals surface area (Å²) >= 11 is 0. The van der Waals surface area contributed by atoms with E-state index in [2.05, 4.69) is 24.8 Å². The van der Waals surface area contributed by atoms with Crippen LogP contribution in [0, 0.1) is 11.3 Å². The lowest BCUT2D eigenvalue weighted by atomic mass is 10.2. The SMILES string of the molecule is CC.CC1=C(C)CN(CC#N)C1. The van der Waals surface area contributed by atoms with Crippen molar-refractivity contribution in [3.8, 4) is 6.07 Å². The second kappa shape index (κ2) is 5.79. The van der Waals surface area contributed by atoms with E-state index < -0.39 is 0 Å². The van der Waals surface area contributed by atoms with Crippen LogP contribution in [0.1, 0.15) is 27.7 Å². The van der Waals surface area contributed by atoms with E-state index >= 15 is 0 Å². The van der Waals surface area contributed by atoms with Gasteiger partial charge in [0.2, 0.25) is 0 Å². The molecule has 0 aromatic carbocycles. The summed E-state index contributed by atoms with van der Waals surface area (Å²) in [5, 5.41) is 8.39. The molecule has 0 bridgehead atoms. The Labute approximate surface area is 75.5 Å². The van der Waals surface area contributed by atoms with Crippen LogP contribution in [-0.4, -0.2) is 24.5 Å². The van der Waals surface area contributed by atoms with Crippen LogP contribution >= 0.6 is 0 Å². The number of hydrogen-bond donors (Lipinski definition) is 0. The van der Waals surface area contributed by atoms with E-state index in [1.165, 1.54) is 11.1 Å². The van der Waals surface area contributed by atoms with Gasteiger partial charge in [-0.15, -0.1) is 0 Å². The summed E-state index contributed by atoms with van der Waals surface area (Å²) in [5.74, 6) is 0. The maximum Gasteiger partial charge on any atom is 0.0871 e. The van der Waals surface area contributed by atoms with Gasteiger partial charge >= 0.3 is 0 Å². The first kappa shape index (κ1) is 11.2. The van der Waals surface area contributed by atoms with Crippen molar-refractivity contribution >= 4 is 0 Å². The second-order valence-electron chi connectivity index (χ2n) is 2.86. The largest absolute Gasteiger partial charge is 0.283 e. The van der Waals surface area contributed by atoms with Crippen molar-refractivity contribution in [2.45, 2.75) is 27.7 Å². The summed E-state index contributed by atoms with van der Waals surface area (Å²) in [6, 6.07) is 2.15. The van der Waals surface area contributed by atoms with Gasteiger partial charge in [-0.05, 0) is 13.8 Å². The van der Waals surface area contributed by atoms with Crippen molar-refractivity contribution in [2.24, 2.45) is 0 Å². The van der Waals surface area contributed by atoms with E-state index in [-0.39, 0.29) is 0 Å². The molecule has 0 amide bonds. The van der Waals surface area contributed by atoms with Gasteiger partial charge in [0.25, 0.3) is 0 Å². The molecule has 0 aromatic heterocycles. The predicted molar refractivity (Wildman–Crippen MR) is 51.8 cm³/mol. The van der Waals surface area contributed by atoms with Gasteiger partial charge in [-0.25, -0.2) is 0 Å². The summed E-state index contributed by atoms with van der Waals surface area (Å²) in [5.41, 5.74) is 2.85. The first-order valence-corrected chi connectivity index (χ1v) is 4.48. The Kier molecular flexibility index (Phi) is 5.40. The Hall–Kier alpha value is -0.810. The molecule has 0 saturated carbocycles. The van der Waals surface area contributed by atoms with Crippen LogP contribution in [0.25, 0.3) is 0 Å². The highest BCUT2D eigenvalue weighted by atomic mass is 15.1. The third kappa shape index (κ3) is 3.06. The van der Waals surface area contributed by atoms with Gasteiger partial charge in [0.15, 0.2) is 0 Å². The fraction of sp³-hybridized carbons (Fsp3) is 0.700. The lowest BCUT2D eigenvalue weighted by molar-refractivity contribution is 0.388. The van der Waals surface area contributed by atoms with E-state index in [1.807, 2.05) is 13.8 Å². The zero-order chi connectivity index (χ0) is 9.56. The fourth-order valence-electron chi connectivity index (χ4n) is 1.21. The van der Waals surface area contributed by atoms with E-state index in [4.69, 9.17) is 5.26 Å². The molecule has 0 spiro atoms. The normalized spacial score (nSPS) is 16.9. The molecule has 1 heterocycles. The second-order valence-corrected chi connectivity index (χ2v) is 2.86. The summed E-state index contributed by atoms with van der Waals surface area (Å²) < 4.78 is 0. The average Bonchev–Trinajstić information content (AvgIpc) is 2.36. The Bertz CT molecular complexity index is 184. The third-order valence-corrected chi connectivity index (χ3v) is 1.94. The predicted octanol–water partition coefficient (Wildman–Crippen LogP) is 2.19. The summed E-state index contributed by atoms with van der Waals surface area (Å²) in [6.45, 7) is 10.8. The van der Waals surface area contributed by atoms with Crippen molar-refractivity contribution in [1.82, 2.24) is 4.90 Å². The number of nitrogens with zero attached hydrogens (tertiary/aromatic N) is 2. The van der Waals surface area contributed by atoms with Gasteiger partial charge in [0.1, 0.15) is 0 Å². The van der Waals surface area contributed by atoms with Crippen LogP contribution in [0.3, 0.4) is 0 Å². The quantitative estimate of drug-likeness (QED) is 0.441. The summed E-state index contributed by atoms with van der Waals surface area (Å²) in [6.07, 6.45) is 0. The molecule has 1 aliphatic rings. The van der Waals surface area contributed by atoms with E-state index in [0.717, 1.165) is 13.1 Å². The Morgan fingerprint density at radius 2 is 1.67 bits per heavy atom. The lowest BCUT2D eigenvalue weighted by Gasteiger charge is -2.08. The summed E-state index contributed by atoms with van der Waals surface area (Å²) in [4.78, 5) is 2.14. The number of rotatable bonds is 1. The van der Waals surface area contributed by atoms with Gasteiger partial charge < -0.3 is 0 Å². The Morgan fingerprint density at radius 1 is 1.25 bits per heavy atom. The molecule has 0 fully saturated rings. The van der Waals surface area contributed by atoms with Crippen LogP contribution in [0.4, 0.5) is 0 Å². The van der Waals surface area contributed by atoms with E-state index in [9.17, 15) is 0 Å². The molecule has 0 radical (unpaired) electrons. The molecule has 12 heavy (non-hydrogen) atoms. The average molecular weight is 166 g/mol. The molecule has 0 aromatic rings.